The fraction of sp³-hybridized carbons (Fsp3) is 0.315. The lowest BCUT2D eigenvalue weighted by Gasteiger charge is -2.60. The lowest BCUT2D eigenvalue weighted by atomic mass is 9.48. The average Bonchev–Trinajstić information content (AvgIpc) is 3.32. The molecule has 4 aromatic carbocycles. The van der Waals surface area contributed by atoms with Crippen molar-refractivity contribution in [3.05, 3.63) is 159 Å². The summed E-state index contributed by atoms with van der Waals surface area (Å²) in [5.41, 5.74) is -0.374. The van der Waals surface area contributed by atoms with E-state index in [4.69, 9.17) is 18.9 Å². The molecule has 4 fully saturated rings. The van der Waals surface area contributed by atoms with E-state index >= 15 is 0 Å². The molecule has 15 nitrogen and oxygen atoms in total. The number of rotatable bonds is 18. The average molecular weight is 937 g/mol. The van der Waals surface area contributed by atoms with Gasteiger partial charge in [0.1, 0.15) is 5.60 Å². The number of ketones is 3. The molecule has 0 spiro atoms. The van der Waals surface area contributed by atoms with Crippen LogP contribution in [0.4, 0.5) is 5.69 Å². The van der Waals surface area contributed by atoms with Gasteiger partial charge in [0.05, 0.1) is 40.0 Å². The van der Waals surface area contributed by atoms with Crippen molar-refractivity contribution in [1.29, 1.82) is 0 Å². The van der Waals surface area contributed by atoms with Crippen molar-refractivity contribution in [3.8, 4) is 0 Å². The molecule has 4 aliphatic carbocycles. The maximum Gasteiger partial charge on any atom is 0.339 e. The summed E-state index contributed by atoms with van der Waals surface area (Å²) in [5, 5.41) is 5.10. The number of esters is 4. The second kappa shape index (κ2) is 20.2. The van der Waals surface area contributed by atoms with Crippen LogP contribution in [0, 0.1) is 24.2 Å². The molecule has 4 bridgehead atoms. The van der Waals surface area contributed by atoms with Crippen molar-refractivity contribution in [1.82, 2.24) is 5.32 Å². The monoisotopic (exact) mass is 936 g/mol. The van der Waals surface area contributed by atoms with E-state index in [1.807, 2.05) is 19.1 Å². The molecule has 356 valence electrons. The van der Waals surface area contributed by atoms with Crippen LogP contribution in [-0.4, -0.2) is 85.5 Å². The number of anilines is 1. The third kappa shape index (κ3) is 11.2. The zero-order valence-electron chi connectivity index (χ0n) is 38.8. The van der Waals surface area contributed by atoms with Crippen LogP contribution in [0.5, 0.6) is 0 Å². The Balaban J connectivity index is 1.11. The molecule has 0 aromatic heterocycles. The predicted octanol–water partition coefficient (Wildman–Crippen LogP) is 7.79. The summed E-state index contributed by atoms with van der Waals surface area (Å²) in [5.74, 6) is -5.87. The van der Waals surface area contributed by atoms with Gasteiger partial charge in [0, 0.05) is 29.3 Å². The molecule has 4 aromatic rings. The van der Waals surface area contributed by atoms with E-state index in [1.165, 1.54) is 57.3 Å². The summed E-state index contributed by atoms with van der Waals surface area (Å²) in [4.78, 5) is 119. The number of carbonyl (C=O) groups excluding carboxylic acids is 9. The topological polar surface area (TPSA) is 215 Å². The number of Topliss-reactive ketones (excluding diaryl/α,β-unsaturated/α-hetero) is 2. The molecule has 2 atom stereocenters. The highest BCUT2D eigenvalue weighted by atomic mass is 16.6. The summed E-state index contributed by atoms with van der Waals surface area (Å²) < 4.78 is 22.6. The van der Waals surface area contributed by atoms with Gasteiger partial charge in [-0.25, -0.2) is 19.2 Å². The van der Waals surface area contributed by atoms with Gasteiger partial charge in [0.25, 0.3) is 11.8 Å². The fourth-order valence-electron chi connectivity index (χ4n) is 9.97. The molecule has 4 aliphatic rings. The first-order valence-electron chi connectivity index (χ1n) is 22.4. The molecule has 2 N–H and O–H groups in total. The lowest BCUT2D eigenvalue weighted by Crippen LogP contribution is -2.58. The second-order valence-corrected chi connectivity index (χ2v) is 18.5. The highest BCUT2D eigenvalue weighted by molar-refractivity contribution is 6.16. The summed E-state index contributed by atoms with van der Waals surface area (Å²) >= 11 is 0. The van der Waals surface area contributed by atoms with Gasteiger partial charge in [0.15, 0.2) is 30.6 Å². The number of aryl methyl sites for hydroxylation is 1. The Kier molecular flexibility index (Phi) is 14.4. The van der Waals surface area contributed by atoms with Gasteiger partial charge < -0.3 is 29.6 Å². The molecule has 0 saturated heterocycles. The zero-order chi connectivity index (χ0) is 49.8. The third-order valence-corrected chi connectivity index (χ3v) is 12.9. The predicted molar refractivity (Wildman–Crippen MR) is 251 cm³/mol. The molecule has 0 aliphatic heterocycles. The van der Waals surface area contributed by atoms with Crippen molar-refractivity contribution in [2.45, 2.75) is 64.9 Å². The van der Waals surface area contributed by atoms with Crippen LogP contribution in [0.25, 0.3) is 0 Å². The molecular weight excluding hydrogens is 885 g/mol. The highest BCUT2D eigenvalue weighted by Gasteiger charge is 2.60. The van der Waals surface area contributed by atoms with Crippen molar-refractivity contribution in [2.24, 2.45) is 17.3 Å². The Morgan fingerprint density at radius 3 is 1.67 bits per heavy atom. The van der Waals surface area contributed by atoms with Gasteiger partial charge in [-0.3, -0.25) is 24.0 Å². The van der Waals surface area contributed by atoms with Crippen LogP contribution in [0.1, 0.15) is 136 Å². The maximum absolute atomic E-state index is 14.2. The van der Waals surface area contributed by atoms with E-state index in [0.29, 0.717) is 36.7 Å². The number of benzene rings is 4. The molecule has 15 heteroatoms. The van der Waals surface area contributed by atoms with Crippen LogP contribution >= 0.6 is 0 Å². The third-order valence-electron chi connectivity index (χ3n) is 12.9. The van der Waals surface area contributed by atoms with E-state index in [1.54, 1.807) is 24.3 Å². The molecule has 8 rings (SSSR count). The van der Waals surface area contributed by atoms with E-state index in [2.05, 4.69) is 23.8 Å². The number of nitrogens with one attached hydrogen (secondary N) is 2. The van der Waals surface area contributed by atoms with Gasteiger partial charge >= 0.3 is 23.9 Å². The van der Waals surface area contributed by atoms with Gasteiger partial charge in [-0.15, -0.1) is 0 Å². The van der Waals surface area contributed by atoms with Crippen molar-refractivity contribution in [2.75, 3.05) is 32.2 Å². The summed E-state index contributed by atoms with van der Waals surface area (Å²) in [7, 11) is 1.32. The molecule has 0 heterocycles. The number of hydrogen-bond acceptors (Lipinski definition) is 13. The minimum Gasteiger partial charge on any atom is -0.462 e. The van der Waals surface area contributed by atoms with Gasteiger partial charge in [-0.2, -0.15) is 0 Å². The molecule has 2 unspecified atom stereocenters. The SMILES string of the molecule is C=C(C)C(=O)COC(=O)c1ccc(C(=O)c2ccc(C(=O)OCC(=O)C(=C)C)c(C(=O)Nc3cccc(C(=O)OC45CC6CC(CC(COC(=O)c7cccc(C)c7)(C6)C4)C5)c3)c2)cc1C(=O)NC. The molecule has 0 radical (unpaired) electrons. The van der Waals surface area contributed by atoms with Crippen LogP contribution < -0.4 is 10.6 Å². The van der Waals surface area contributed by atoms with Crippen molar-refractivity contribution in [3.63, 3.8) is 0 Å². The molecule has 2 amide bonds. The van der Waals surface area contributed by atoms with Crippen molar-refractivity contribution < 1.29 is 62.1 Å². The van der Waals surface area contributed by atoms with Gasteiger partial charge in [-0.05, 0) is 137 Å². The Hall–Kier alpha value is -7.81. The second-order valence-electron chi connectivity index (χ2n) is 18.5. The normalized spacial score (nSPS) is 19.6. The molecule has 4 saturated carbocycles. The first-order chi connectivity index (χ1) is 32.8. The first-order valence-corrected chi connectivity index (χ1v) is 22.4. The smallest absolute Gasteiger partial charge is 0.339 e. The van der Waals surface area contributed by atoms with Gasteiger partial charge in [0.2, 0.25) is 0 Å². The molecule has 69 heavy (non-hydrogen) atoms. The summed E-state index contributed by atoms with van der Waals surface area (Å²) in [6.45, 7) is 10.8. The van der Waals surface area contributed by atoms with E-state index in [0.717, 1.165) is 37.0 Å². The van der Waals surface area contributed by atoms with Crippen LogP contribution in [0.2, 0.25) is 0 Å². The molecular formula is C54H52N2O13. The summed E-state index contributed by atoms with van der Waals surface area (Å²) in [6, 6.07) is 20.5. The number of ether oxygens (including phenoxy) is 4. The Morgan fingerprint density at radius 1 is 0.594 bits per heavy atom. The number of hydrogen-bond donors (Lipinski definition) is 2. The Morgan fingerprint density at radius 2 is 1.13 bits per heavy atom. The first kappa shape index (κ1) is 49.1. The van der Waals surface area contributed by atoms with Crippen LogP contribution in [0.3, 0.4) is 0 Å². The van der Waals surface area contributed by atoms with E-state index < -0.39 is 71.9 Å². The van der Waals surface area contributed by atoms with Gasteiger partial charge in [-0.1, -0.05) is 49.1 Å². The summed E-state index contributed by atoms with van der Waals surface area (Å²) in [6.07, 6.45) is 4.68. The lowest BCUT2D eigenvalue weighted by molar-refractivity contribution is -0.177. The Bertz CT molecular complexity index is 2840. The Labute approximate surface area is 398 Å². The van der Waals surface area contributed by atoms with Crippen LogP contribution in [0.15, 0.2) is 109 Å². The highest BCUT2D eigenvalue weighted by Crippen LogP contribution is 2.63. The number of amides is 2. The quantitative estimate of drug-likeness (QED) is 0.0422. The largest absolute Gasteiger partial charge is 0.462 e. The number of carbonyl (C=O) groups is 9. The van der Waals surface area contributed by atoms with Crippen LogP contribution in [-0.2, 0) is 28.5 Å². The van der Waals surface area contributed by atoms with Crippen molar-refractivity contribution >= 4 is 58.7 Å². The van der Waals surface area contributed by atoms with E-state index in [-0.39, 0.29) is 67.8 Å². The van der Waals surface area contributed by atoms with E-state index in [9.17, 15) is 43.2 Å². The minimum atomic E-state index is -1.06. The minimum absolute atomic E-state index is 0.0867. The maximum atomic E-state index is 14.2. The standard InChI is InChI=1S/C54H52N2O13/c1-30(2)44(57)26-66-51(64)40-15-13-35(20-42(40)47(60)55-6)46(59)36-14-16-41(52(65)67-27-45(58)31(3)4)43(21-36)48(61)56-39-12-8-11-38(19-39)50(63)69-54-24-33-18-34(25-54)23-53(22-33,28-54)29-68-49(62)37-10-7-9-32(5)17-37/h7-17,19-21,33-34H,1,3,18,22-29H2,2,4-6H3,(H,55,60)(H,56,61). The zero-order valence-corrected chi connectivity index (χ0v) is 38.8. The fourth-order valence-corrected chi connectivity index (χ4v) is 9.97.